The van der Waals surface area contributed by atoms with Gasteiger partial charge in [0.15, 0.2) is 5.96 Å². The van der Waals surface area contributed by atoms with Gasteiger partial charge in [0.25, 0.3) is 0 Å². The van der Waals surface area contributed by atoms with Crippen molar-refractivity contribution >= 4 is 29.9 Å². The number of nitrogens with one attached hydrogen (secondary N) is 1. The van der Waals surface area contributed by atoms with Gasteiger partial charge < -0.3 is 19.7 Å². The highest BCUT2D eigenvalue weighted by molar-refractivity contribution is 14.0. The third-order valence-electron chi connectivity index (χ3n) is 3.70. The molecule has 120 valence electrons. The lowest BCUT2D eigenvalue weighted by Gasteiger charge is -2.33. The van der Waals surface area contributed by atoms with Gasteiger partial charge in [-0.2, -0.15) is 0 Å². The van der Waals surface area contributed by atoms with Crippen molar-refractivity contribution in [3.63, 3.8) is 0 Å². The van der Waals surface area contributed by atoms with Crippen LogP contribution in [0.5, 0.6) is 0 Å². The van der Waals surface area contributed by atoms with Gasteiger partial charge >= 0.3 is 0 Å². The first-order chi connectivity index (χ1) is 9.70. The van der Waals surface area contributed by atoms with Crippen molar-refractivity contribution in [2.75, 3.05) is 26.2 Å². The van der Waals surface area contributed by atoms with E-state index in [1.807, 2.05) is 0 Å². The van der Waals surface area contributed by atoms with E-state index in [0.29, 0.717) is 12.3 Å². The zero-order valence-electron chi connectivity index (χ0n) is 12.8. The highest BCUT2D eigenvalue weighted by Gasteiger charge is 2.19. The summed E-state index contributed by atoms with van der Waals surface area (Å²) in [6.45, 7) is 7.57. The molecule has 1 aromatic rings. The molecule has 0 bridgehead atoms. The van der Waals surface area contributed by atoms with E-state index in [-0.39, 0.29) is 24.0 Å². The van der Waals surface area contributed by atoms with Gasteiger partial charge in [-0.1, -0.05) is 6.92 Å². The number of aliphatic hydroxyl groups is 1. The number of aliphatic imine (C=N–C) groups is 1. The first-order valence-corrected chi connectivity index (χ1v) is 7.45. The van der Waals surface area contributed by atoms with Crippen LogP contribution in [-0.2, 0) is 0 Å². The van der Waals surface area contributed by atoms with Gasteiger partial charge in [0.2, 0.25) is 0 Å². The van der Waals surface area contributed by atoms with Crippen LogP contribution in [0.4, 0.5) is 0 Å². The van der Waals surface area contributed by atoms with Crippen LogP contribution in [0.2, 0.25) is 0 Å². The van der Waals surface area contributed by atoms with Crippen LogP contribution in [-0.4, -0.2) is 42.1 Å². The topological polar surface area (TPSA) is 61.0 Å². The summed E-state index contributed by atoms with van der Waals surface area (Å²) in [4.78, 5) is 6.82. The maximum Gasteiger partial charge on any atom is 0.194 e. The van der Waals surface area contributed by atoms with Crippen molar-refractivity contribution in [3.8, 4) is 0 Å². The van der Waals surface area contributed by atoms with E-state index in [9.17, 15) is 5.11 Å². The quantitative estimate of drug-likeness (QED) is 0.458. The molecule has 0 aliphatic carbocycles. The molecule has 0 amide bonds. The van der Waals surface area contributed by atoms with Crippen molar-refractivity contribution in [1.82, 2.24) is 10.2 Å². The fourth-order valence-corrected chi connectivity index (χ4v) is 2.39. The van der Waals surface area contributed by atoms with Gasteiger partial charge in [0.05, 0.1) is 12.8 Å². The zero-order valence-corrected chi connectivity index (χ0v) is 15.1. The average Bonchev–Trinajstić information content (AvgIpc) is 2.98. The predicted octanol–water partition coefficient (Wildman–Crippen LogP) is 2.63. The number of hydrogen-bond acceptors (Lipinski definition) is 3. The predicted molar refractivity (Wildman–Crippen MR) is 95.0 cm³/mol. The highest BCUT2D eigenvalue weighted by Crippen LogP contribution is 2.17. The standard InChI is InChI=1S/C15H25N3O2.HI/c1-3-16-15(18-8-6-12(2)7-9-18)17-11-13(19)14-5-4-10-20-14;/h4-5,10,12-13,19H,3,6-9,11H2,1-2H3,(H,16,17);1H. The largest absolute Gasteiger partial charge is 0.467 e. The number of rotatable bonds is 4. The van der Waals surface area contributed by atoms with Crippen LogP contribution in [0.25, 0.3) is 0 Å². The second kappa shape index (κ2) is 9.30. The Hall–Kier alpha value is -0.760. The van der Waals surface area contributed by atoms with E-state index in [1.54, 1.807) is 18.4 Å². The maximum atomic E-state index is 10.0. The molecule has 1 saturated heterocycles. The highest BCUT2D eigenvalue weighted by atomic mass is 127. The van der Waals surface area contributed by atoms with Crippen LogP contribution >= 0.6 is 24.0 Å². The Bertz CT molecular complexity index is 415. The molecule has 21 heavy (non-hydrogen) atoms. The minimum Gasteiger partial charge on any atom is -0.467 e. The number of guanidine groups is 1. The number of likely N-dealkylation sites (tertiary alicyclic amines) is 1. The summed E-state index contributed by atoms with van der Waals surface area (Å²) in [7, 11) is 0. The van der Waals surface area contributed by atoms with Crippen molar-refractivity contribution in [1.29, 1.82) is 0 Å². The van der Waals surface area contributed by atoms with E-state index in [2.05, 4.69) is 29.1 Å². The lowest BCUT2D eigenvalue weighted by molar-refractivity contribution is 0.157. The Labute approximate surface area is 143 Å². The van der Waals surface area contributed by atoms with E-state index in [0.717, 1.165) is 31.5 Å². The smallest absolute Gasteiger partial charge is 0.194 e. The molecule has 1 atom stereocenters. The first-order valence-electron chi connectivity index (χ1n) is 7.45. The number of halogens is 1. The summed E-state index contributed by atoms with van der Waals surface area (Å²) < 4.78 is 5.19. The monoisotopic (exact) mass is 407 g/mol. The van der Waals surface area contributed by atoms with Crippen molar-refractivity contribution in [2.24, 2.45) is 10.9 Å². The first kappa shape index (κ1) is 18.3. The van der Waals surface area contributed by atoms with Gasteiger partial charge in [-0.15, -0.1) is 24.0 Å². The summed E-state index contributed by atoms with van der Waals surface area (Å²) in [6, 6.07) is 3.55. The Morgan fingerprint density at radius 1 is 1.52 bits per heavy atom. The molecule has 0 saturated carbocycles. The second-order valence-corrected chi connectivity index (χ2v) is 5.40. The summed E-state index contributed by atoms with van der Waals surface area (Å²) in [6.07, 6.45) is 3.29. The molecule has 1 unspecified atom stereocenters. The number of aliphatic hydroxyl groups excluding tert-OH is 1. The summed E-state index contributed by atoms with van der Waals surface area (Å²) in [5, 5.41) is 13.3. The third kappa shape index (κ3) is 5.50. The van der Waals surface area contributed by atoms with Crippen LogP contribution in [0.15, 0.2) is 27.8 Å². The summed E-state index contributed by atoms with van der Waals surface area (Å²) >= 11 is 0. The number of piperidine rings is 1. The summed E-state index contributed by atoms with van der Waals surface area (Å²) in [5.74, 6) is 2.25. The molecule has 1 fully saturated rings. The Morgan fingerprint density at radius 2 is 2.24 bits per heavy atom. The van der Waals surface area contributed by atoms with E-state index < -0.39 is 6.10 Å². The third-order valence-corrected chi connectivity index (χ3v) is 3.70. The van der Waals surface area contributed by atoms with Gasteiger partial charge in [-0.25, -0.2) is 4.99 Å². The lowest BCUT2D eigenvalue weighted by Crippen LogP contribution is -2.45. The number of nitrogens with zero attached hydrogens (tertiary/aromatic N) is 2. The molecule has 5 nitrogen and oxygen atoms in total. The average molecular weight is 407 g/mol. The van der Waals surface area contributed by atoms with Gasteiger partial charge in [0.1, 0.15) is 11.9 Å². The minimum atomic E-state index is -0.678. The molecule has 2 heterocycles. The molecule has 2 N–H and O–H groups in total. The van der Waals surface area contributed by atoms with E-state index in [1.165, 1.54) is 12.8 Å². The van der Waals surface area contributed by atoms with Crippen LogP contribution in [0.3, 0.4) is 0 Å². The summed E-state index contributed by atoms with van der Waals surface area (Å²) in [5.41, 5.74) is 0. The molecule has 0 spiro atoms. The van der Waals surface area contributed by atoms with Crippen LogP contribution in [0.1, 0.15) is 38.6 Å². The van der Waals surface area contributed by atoms with Crippen molar-refractivity contribution in [3.05, 3.63) is 24.2 Å². The molecule has 2 rings (SSSR count). The fraction of sp³-hybridized carbons (Fsp3) is 0.667. The molecule has 0 radical (unpaired) electrons. The normalized spacial score (nSPS) is 18.2. The van der Waals surface area contributed by atoms with Crippen LogP contribution < -0.4 is 5.32 Å². The zero-order chi connectivity index (χ0) is 14.4. The molecule has 6 heteroatoms. The maximum absolute atomic E-state index is 10.0. The fourth-order valence-electron chi connectivity index (χ4n) is 2.39. The van der Waals surface area contributed by atoms with Crippen molar-refractivity contribution in [2.45, 2.75) is 32.8 Å². The Balaban J connectivity index is 0.00000220. The Kier molecular flexibility index (Phi) is 8.10. The molecular formula is C15H26IN3O2. The van der Waals surface area contributed by atoms with Gasteiger partial charge in [-0.05, 0) is 37.8 Å². The molecular weight excluding hydrogens is 381 g/mol. The van der Waals surface area contributed by atoms with Gasteiger partial charge in [-0.3, -0.25) is 0 Å². The minimum absolute atomic E-state index is 0. The molecule has 1 aliphatic heterocycles. The molecule has 1 aromatic heterocycles. The number of furan rings is 1. The van der Waals surface area contributed by atoms with Crippen molar-refractivity contribution < 1.29 is 9.52 Å². The SMILES string of the molecule is CCNC(=NCC(O)c1ccco1)N1CCC(C)CC1.I. The molecule has 0 aromatic carbocycles. The van der Waals surface area contributed by atoms with Crippen LogP contribution in [0, 0.1) is 5.92 Å². The van der Waals surface area contributed by atoms with E-state index in [4.69, 9.17) is 4.42 Å². The second-order valence-electron chi connectivity index (χ2n) is 5.40. The number of hydrogen-bond donors (Lipinski definition) is 2. The van der Waals surface area contributed by atoms with E-state index >= 15 is 0 Å². The van der Waals surface area contributed by atoms with Gasteiger partial charge in [0, 0.05) is 19.6 Å². The Morgan fingerprint density at radius 3 is 2.81 bits per heavy atom. The molecule has 1 aliphatic rings. The lowest BCUT2D eigenvalue weighted by atomic mass is 10.00.